The van der Waals surface area contributed by atoms with Gasteiger partial charge >= 0.3 is 0 Å². The minimum Gasteiger partial charge on any atom is -0.330 e. The van der Waals surface area contributed by atoms with Gasteiger partial charge in [0.25, 0.3) is 0 Å². The van der Waals surface area contributed by atoms with E-state index in [1.54, 1.807) is 6.20 Å². The highest BCUT2D eigenvalue weighted by Gasteiger charge is 1.99. The van der Waals surface area contributed by atoms with Gasteiger partial charge in [-0.25, -0.2) is 9.97 Å². The topological polar surface area (TPSA) is 51.8 Å². The number of hydrogen-bond donors (Lipinski definition) is 1. The second-order valence-corrected chi connectivity index (χ2v) is 2.66. The van der Waals surface area contributed by atoms with Crippen LogP contribution in [0.5, 0.6) is 0 Å². The third-order valence-corrected chi connectivity index (χ3v) is 1.71. The lowest BCUT2D eigenvalue weighted by Gasteiger charge is -1.98. The number of rotatable bonds is 2. The van der Waals surface area contributed by atoms with Crippen LogP contribution in [0.25, 0.3) is 0 Å². The summed E-state index contributed by atoms with van der Waals surface area (Å²) in [6, 6.07) is 0. The maximum Gasteiger partial charge on any atom is 0.135 e. The number of aromatic nitrogens is 2. The summed E-state index contributed by atoms with van der Waals surface area (Å²) in [6.07, 6.45) is 2.39. The molecule has 0 saturated carbocycles. The average molecular weight is 208 g/mol. The van der Waals surface area contributed by atoms with Crippen molar-refractivity contribution in [1.82, 2.24) is 9.97 Å². The first-order valence-electron chi connectivity index (χ1n) is 3.42. The Labute approximate surface area is 82.8 Å². The molecule has 68 valence electrons. The van der Waals surface area contributed by atoms with Crippen LogP contribution in [-0.4, -0.2) is 16.5 Å². The molecule has 0 aliphatic rings. The lowest BCUT2D eigenvalue weighted by Crippen LogP contribution is -2.06. The molecule has 1 heterocycles. The van der Waals surface area contributed by atoms with Crippen molar-refractivity contribution in [3.05, 3.63) is 22.7 Å². The first kappa shape index (κ1) is 11.6. The maximum atomic E-state index is 5.76. The summed E-state index contributed by atoms with van der Waals surface area (Å²) in [6.45, 7) is 2.42. The second kappa shape index (κ2) is 5.30. The molecule has 0 amide bonds. The van der Waals surface area contributed by atoms with E-state index < -0.39 is 0 Å². The van der Waals surface area contributed by atoms with Gasteiger partial charge in [-0.05, 0) is 13.5 Å². The summed E-state index contributed by atoms with van der Waals surface area (Å²) in [4.78, 5) is 8.09. The van der Waals surface area contributed by atoms with Crippen molar-refractivity contribution in [2.45, 2.75) is 13.3 Å². The Balaban J connectivity index is 0.00000121. The summed E-state index contributed by atoms with van der Waals surface area (Å²) < 4.78 is 0. The largest absolute Gasteiger partial charge is 0.330 e. The van der Waals surface area contributed by atoms with E-state index in [1.165, 1.54) is 0 Å². The molecule has 3 nitrogen and oxygen atoms in total. The predicted molar refractivity (Wildman–Crippen MR) is 51.8 cm³/mol. The Morgan fingerprint density at radius 1 is 1.58 bits per heavy atom. The van der Waals surface area contributed by atoms with Crippen LogP contribution in [0.3, 0.4) is 0 Å². The van der Waals surface area contributed by atoms with Gasteiger partial charge < -0.3 is 5.73 Å². The van der Waals surface area contributed by atoms with Gasteiger partial charge in [0.2, 0.25) is 0 Å². The van der Waals surface area contributed by atoms with Crippen molar-refractivity contribution >= 4 is 24.0 Å². The molecule has 12 heavy (non-hydrogen) atoms. The highest BCUT2D eigenvalue weighted by molar-refractivity contribution is 6.30. The van der Waals surface area contributed by atoms with Gasteiger partial charge in [-0.1, -0.05) is 11.6 Å². The van der Waals surface area contributed by atoms with Crippen LogP contribution in [0, 0.1) is 6.92 Å². The lowest BCUT2D eigenvalue weighted by atomic mass is 10.3. The van der Waals surface area contributed by atoms with E-state index in [-0.39, 0.29) is 12.4 Å². The summed E-state index contributed by atoms with van der Waals surface area (Å²) in [7, 11) is 0. The minimum absolute atomic E-state index is 0. The molecule has 0 unspecified atom stereocenters. The molecule has 0 atom stereocenters. The molecule has 0 radical (unpaired) electrons. The van der Waals surface area contributed by atoms with Crippen molar-refractivity contribution in [1.29, 1.82) is 0 Å². The SMILES string of the molecule is Cc1cnc(CCN)nc1Cl.Cl. The number of hydrogen-bond acceptors (Lipinski definition) is 3. The van der Waals surface area contributed by atoms with E-state index in [9.17, 15) is 0 Å². The van der Waals surface area contributed by atoms with Crippen LogP contribution in [0.15, 0.2) is 6.20 Å². The Hall–Kier alpha value is -0.380. The van der Waals surface area contributed by atoms with Gasteiger partial charge in [0.05, 0.1) is 0 Å². The zero-order chi connectivity index (χ0) is 8.27. The minimum atomic E-state index is 0. The van der Waals surface area contributed by atoms with Gasteiger partial charge in [0.1, 0.15) is 11.0 Å². The molecule has 0 aromatic carbocycles. The van der Waals surface area contributed by atoms with Crippen LogP contribution in [-0.2, 0) is 6.42 Å². The summed E-state index contributed by atoms with van der Waals surface area (Å²) in [5, 5.41) is 0.517. The van der Waals surface area contributed by atoms with E-state index in [4.69, 9.17) is 17.3 Å². The molecular formula is C7H11Cl2N3. The monoisotopic (exact) mass is 207 g/mol. The van der Waals surface area contributed by atoms with E-state index in [2.05, 4.69) is 9.97 Å². The van der Waals surface area contributed by atoms with Crippen LogP contribution in [0.2, 0.25) is 5.15 Å². The standard InChI is InChI=1S/C7H10ClN3.ClH/c1-5-4-10-6(2-3-9)11-7(5)8;/h4H,2-3,9H2,1H3;1H. The fourth-order valence-electron chi connectivity index (χ4n) is 0.705. The quantitative estimate of drug-likeness (QED) is 0.746. The van der Waals surface area contributed by atoms with E-state index in [1.807, 2.05) is 6.92 Å². The molecule has 0 aliphatic heterocycles. The Morgan fingerprint density at radius 3 is 2.75 bits per heavy atom. The van der Waals surface area contributed by atoms with Crippen LogP contribution in [0.1, 0.15) is 11.4 Å². The van der Waals surface area contributed by atoms with Gasteiger partial charge in [0, 0.05) is 18.2 Å². The van der Waals surface area contributed by atoms with Crippen molar-refractivity contribution in [2.24, 2.45) is 5.73 Å². The van der Waals surface area contributed by atoms with Gasteiger partial charge in [-0.3, -0.25) is 0 Å². The molecule has 0 saturated heterocycles. The highest BCUT2D eigenvalue weighted by atomic mass is 35.5. The molecule has 1 aromatic heterocycles. The third kappa shape index (κ3) is 2.93. The fourth-order valence-corrected chi connectivity index (χ4v) is 0.851. The zero-order valence-electron chi connectivity index (χ0n) is 6.75. The van der Waals surface area contributed by atoms with Crippen LogP contribution in [0.4, 0.5) is 0 Å². The van der Waals surface area contributed by atoms with E-state index >= 15 is 0 Å². The van der Waals surface area contributed by atoms with Gasteiger partial charge in [0.15, 0.2) is 0 Å². The summed E-state index contributed by atoms with van der Waals surface area (Å²) in [5.74, 6) is 0.711. The second-order valence-electron chi connectivity index (χ2n) is 2.30. The van der Waals surface area contributed by atoms with Crippen molar-refractivity contribution < 1.29 is 0 Å². The molecule has 0 aliphatic carbocycles. The molecule has 2 N–H and O–H groups in total. The van der Waals surface area contributed by atoms with Gasteiger partial charge in [-0.2, -0.15) is 0 Å². The Kier molecular flexibility index (Phi) is 5.13. The Bertz CT molecular complexity index is 252. The number of aryl methyl sites for hydroxylation is 1. The predicted octanol–water partition coefficient (Wildman–Crippen LogP) is 1.36. The smallest absolute Gasteiger partial charge is 0.135 e. The molecule has 1 aromatic rings. The third-order valence-electron chi connectivity index (χ3n) is 1.33. The first-order valence-corrected chi connectivity index (χ1v) is 3.80. The summed E-state index contributed by atoms with van der Waals surface area (Å²) in [5.41, 5.74) is 6.22. The average Bonchev–Trinajstić information content (AvgIpc) is 1.98. The van der Waals surface area contributed by atoms with Crippen LogP contribution >= 0.6 is 24.0 Å². The zero-order valence-corrected chi connectivity index (χ0v) is 8.32. The maximum absolute atomic E-state index is 5.76. The Morgan fingerprint density at radius 2 is 2.25 bits per heavy atom. The van der Waals surface area contributed by atoms with E-state index in [0.29, 0.717) is 23.9 Å². The molecular weight excluding hydrogens is 197 g/mol. The number of nitrogens with two attached hydrogens (primary N) is 1. The fraction of sp³-hybridized carbons (Fsp3) is 0.429. The molecule has 5 heteroatoms. The first-order chi connectivity index (χ1) is 5.24. The molecule has 0 fully saturated rings. The van der Waals surface area contributed by atoms with Crippen molar-refractivity contribution in [2.75, 3.05) is 6.54 Å². The van der Waals surface area contributed by atoms with Crippen molar-refractivity contribution in [3.8, 4) is 0 Å². The van der Waals surface area contributed by atoms with E-state index in [0.717, 1.165) is 5.56 Å². The highest BCUT2D eigenvalue weighted by Crippen LogP contribution is 2.09. The normalized spacial score (nSPS) is 9.25. The van der Waals surface area contributed by atoms with Crippen LogP contribution < -0.4 is 5.73 Å². The number of halogens is 2. The molecule has 0 spiro atoms. The molecule has 1 rings (SSSR count). The summed E-state index contributed by atoms with van der Waals surface area (Å²) >= 11 is 5.76. The van der Waals surface area contributed by atoms with Crippen molar-refractivity contribution in [3.63, 3.8) is 0 Å². The molecule has 0 bridgehead atoms. The number of nitrogens with zero attached hydrogens (tertiary/aromatic N) is 2. The van der Waals surface area contributed by atoms with Gasteiger partial charge in [-0.15, -0.1) is 12.4 Å². The lowest BCUT2D eigenvalue weighted by molar-refractivity contribution is 0.862.